The predicted octanol–water partition coefficient (Wildman–Crippen LogP) is 6.81. The number of rotatable bonds is 9. The minimum Gasteiger partial charge on any atom is -0.354 e. The molecule has 1 aliphatic heterocycles. The van der Waals surface area contributed by atoms with Crippen LogP contribution in [0.15, 0.2) is 30.5 Å². The van der Waals surface area contributed by atoms with Crippen molar-refractivity contribution in [2.24, 2.45) is 5.92 Å². The summed E-state index contributed by atoms with van der Waals surface area (Å²) in [5.41, 5.74) is 1.43. The van der Waals surface area contributed by atoms with E-state index < -0.39 is 0 Å². The predicted molar refractivity (Wildman–Crippen MR) is 158 cm³/mol. The van der Waals surface area contributed by atoms with Gasteiger partial charge in [0.15, 0.2) is 0 Å². The van der Waals surface area contributed by atoms with E-state index in [-0.39, 0.29) is 30.7 Å². The van der Waals surface area contributed by atoms with Gasteiger partial charge in [-0.3, -0.25) is 4.79 Å². The number of nitrogens with one attached hydrogen (secondary N) is 2. The Kier molecular flexibility index (Phi) is 9.57. The number of hydrogen-bond donors (Lipinski definition) is 2. The van der Waals surface area contributed by atoms with E-state index in [2.05, 4.69) is 20.5 Å². The third-order valence-corrected chi connectivity index (χ3v) is 8.86. The first-order valence-corrected chi connectivity index (χ1v) is 14.2. The number of carbonyl (C=O) groups is 1. The first kappa shape index (κ1) is 28.4. The van der Waals surface area contributed by atoms with Gasteiger partial charge in [0.25, 0.3) is 5.91 Å². The summed E-state index contributed by atoms with van der Waals surface area (Å²) in [6.45, 7) is 3.43. The van der Waals surface area contributed by atoms with Gasteiger partial charge >= 0.3 is 0 Å². The summed E-state index contributed by atoms with van der Waals surface area (Å²) in [6.07, 6.45) is 11.7. The van der Waals surface area contributed by atoms with Crippen molar-refractivity contribution < 1.29 is 4.79 Å². The minimum absolute atomic E-state index is 0. The van der Waals surface area contributed by atoms with E-state index in [9.17, 15) is 4.79 Å². The highest BCUT2D eigenvalue weighted by Crippen LogP contribution is 2.38. The second kappa shape index (κ2) is 12.5. The second-order valence-corrected chi connectivity index (χ2v) is 11.7. The maximum absolute atomic E-state index is 12.7. The molecule has 1 amide bonds. The molecule has 1 saturated heterocycles. The molecule has 200 valence electrons. The molecule has 0 atom stereocenters. The number of nitrogens with zero attached hydrogens (tertiary/aromatic N) is 3. The van der Waals surface area contributed by atoms with Gasteiger partial charge in [-0.25, -0.2) is 9.97 Å². The molecule has 3 aliphatic rings. The number of halogens is 3. The van der Waals surface area contributed by atoms with Crippen molar-refractivity contribution >= 4 is 69.7 Å². The van der Waals surface area contributed by atoms with Crippen molar-refractivity contribution in [1.82, 2.24) is 20.2 Å². The zero-order valence-electron chi connectivity index (χ0n) is 20.7. The number of likely N-dealkylation sites (tertiary alicyclic amines) is 1. The molecule has 3 heterocycles. The molecule has 2 aliphatic carbocycles. The molecule has 37 heavy (non-hydrogen) atoms. The van der Waals surface area contributed by atoms with Gasteiger partial charge in [0.05, 0.1) is 16.1 Å². The van der Waals surface area contributed by atoms with E-state index in [1.807, 2.05) is 24.3 Å². The Morgan fingerprint density at radius 1 is 1.11 bits per heavy atom. The lowest BCUT2D eigenvalue weighted by molar-refractivity contribution is 0.0952. The van der Waals surface area contributed by atoms with Crippen LogP contribution in [0.5, 0.6) is 0 Å². The molecular weight excluding hydrogens is 549 g/mol. The highest BCUT2D eigenvalue weighted by atomic mass is 35.5. The Morgan fingerprint density at radius 3 is 2.62 bits per heavy atom. The maximum Gasteiger partial charge on any atom is 0.252 e. The quantitative estimate of drug-likeness (QED) is 0.271. The van der Waals surface area contributed by atoms with Crippen LogP contribution in [0.4, 0.5) is 5.95 Å². The number of anilines is 1. The van der Waals surface area contributed by atoms with Crippen LogP contribution in [-0.4, -0.2) is 52.5 Å². The van der Waals surface area contributed by atoms with Gasteiger partial charge in [-0.05, 0) is 88.6 Å². The molecule has 2 saturated carbocycles. The van der Waals surface area contributed by atoms with E-state index in [1.165, 1.54) is 45.2 Å². The van der Waals surface area contributed by atoms with Gasteiger partial charge < -0.3 is 15.5 Å². The van der Waals surface area contributed by atoms with Crippen molar-refractivity contribution in [3.8, 4) is 10.6 Å². The van der Waals surface area contributed by atoms with Gasteiger partial charge in [-0.2, -0.15) is 0 Å². The maximum atomic E-state index is 12.7. The molecule has 3 fully saturated rings. The molecule has 1 aromatic carbocycles. The van der Waals surface area contributed by atoms with Crippen molar-refractivity contribution in [2.45, 2.75) is 63.5 Å². The van der Waals surface area contributed by atoms with Gasteiger partial charge in [0, 0.05) is 34.3 Å². The third-order valence-electron chi connectivity index (χ3n) is 7.48. The molecule has 0 bridgehead atoms. The fourth-order valence-electron chi connectivity index (χ4n) is 5.13. The number of amides is 1. The normalized spacial score (nSPS) is 18.2. The molecule has 6 rings (SSSR count). The molecular formula is C27H34Cl3N5OS. The fourth-order valence-corrected chi connectivity index (χ4v) is 6.47. The Balaban J connectivity index is 0.00000160. The summed E-state index contributed by atoms with van der Waals surface area (Å²) in [6, 6.07) is 9.14. The first-order valence-electron chi connectivity index (χ1n) is 13.0. The van der Waals surface area contributed by atoms with Crippen LogP contribution >= 0.6 is 47.8 Å². The third kappa shape index (κ3) is 6.87. The topological polar surface area (TPSA) is 70.2 Å². The van der Waals surface area contributed by atoms with Crippen LogP contribution in [0.1, 0.15) is 61.7 Å². The zero-order chi connectivity index (χ0) is 23.8. The van der Waals surface area contributed by atoms with E-state index in [1.54, 1.807) is 17.5 Å². The van der Waals surface area contributed by atoms with E-state index in [0.29, 0.717) is 28.3 Å². The summed E-state index contributed by atoms with van der Waals surface area (Å²) in [5.74, 6) is 1.45. The lowest BCUT2D eigenvalue weighted by Gasteiger charge is -2.32. The average molecular weight is 583 g/mol. The number of fused-ring (bicyclic) bond motifs is 1. The second-order valence-electron chi connectivity index (χ2n) is 10.2. The van der Waals surface area contributed by atoms with Crippen LogP contribution < -0.4 is 10.6 Å². The van der Waals surface area contributed by atoms with Gasteiger partial charge in [-0.15, -0.1) is 36.2 Å². The number of hydrogen-bond acceptors (Lipinski definition) is 6. The van der Waals surface area contributed by atoms with Gasteiger partial charge in [0.2, 0.25) is 5.95 Å². The summed E-state index contributed by atoms with van der Waals surface area (Å²) in [5, 5.41) is 7.96. The summed E-state index contributed by atoms with van der Waals surface area (Å²) >= 11 is 8.12. The zero-order valence-corrected chi connectivity index (χ0v) is 24.0. The SMILES string of the molecule is Cl.Cl.O=C(NC1CC1)c1cccc2sc(-c3nc(NCCCC4CCN(C5CC5)CC4)ncc3Cl)cc12. The molecule has 0 radical (unpaired) electrons. The molecule has 3 aromatic rings. The van der Waals surface area contributed by atoms with Crippen molar-refractivity contribution in [3.05, 3.63) is 41.0 Å². The Labute approximate surface area is 239 Å². The van der Waals surface area contributed by atoms with Gasteiger partial charge in [-0.1, -0.05) is 17.7 Å². The Morgan fingerprint density at radius 2 is 1.89 bits per heavy atom. The molecule has 2 N–H and O–H groups in total. The van der Waals surface area contributed by atoms with Crippen LogP contribution in [0.25, 0.3) is 20.7 Å². The number of benzene rings is 1. The molecule has 10 heteroatoms. The summed E-state index contributed by atoms with van der Waals surface area (Å²) in [4.78, 5) is 25.5. The van der Waals surface area contributed by atoms with E-state index in [0.717, 1.165) is 52.7 Å². The molecule has 6 nitrogen and oxygen atoms in total. The first-order chi connectivity index (χ1) is 17.1. The van der Waals surface area contributed by atoms with E-state index >= 15 is 0 Å². The van der Waals surface area contributed by atoms with Gasteiger partial charge in [0.1, 0.15) is 5.69 Å². The summed E-state index contributed by atoms with van der Waals surface area (Å²) in [7, 11) is 0. The highest BCUT2D eigenvalue weighted by Gasteiger charge is 2.31. The standard InChI is InChI=1S/C27H32ClN5OS.2ClH/c28-22-16-30-27(29-12-2-3-17-10-13-33(14-11-17)19-8-9-19)32-25(22)24-15-21-20(4-1-5-23(21)35-24)26(34)31-18-6-7-18;;/h1,4-5,15-19H,2-3,6-14H2,(H,31,34)(H,29,30,32);2*1H. The average Bonchev–Trinajstić information content (AvgIpc) is 3.81. The number of piperidine rings is 1. The van der Waals surface area contributed by atoms with Crippen molar-refractivity contribution in [2.75, 3.05) is 25.0 Å². The van der Waals surface area contributed by atoms with E-state index in [4.69, 9.17) is 16.6 Å². The Hall–Kier alpha value is -1.64. The van der Waals surface area contributed by atoms with Crippen molar-refractivity contribution in [3.63, 3.8) is 0 Å². The number of carbonyl (C=O) groups excluding carboxylic acids is 1. The number of aromatic nitrogens is 2. The molecule has 0 unspecified atom stereocenters. The highest BCUT2D eigenvalue weighted by molar-refractivity contribution is 7.22. The van der Waals surface area contributed by atoms with Crippen LogP contribution in [0.2, 0.25) is 5.02 Å². The van der Waals surface area contributed by atoms with Crippen molar-refractivity contribution in [1.29, 1.82) is 0 Å². The minimum atomic E-state index is -0.00296. The lowest BCUT2D eigenvalue weighted by atomic mass is 9.92. The monoisotopic (exact) mass is 581 g/mol. The number of thiophene rings is 1. The van der Waals surface area contributed by atoms with Crippen LogP contribution in [0.3, 0.4) is 0 Å². The molecule has 0 spiro atoms. The summed E-state index contributed by atoms with van der Waals surface area (Å²) < 4.78 is 1.06. The molecule has 2 aromatic heterocycles. The largest absolute Gasteiger partial charge is 0.354 e. The lowest BCUT2D eigenvalue weighted by Crippen LogP contribution is -2.35. The fraction of sp³-hybridized carbons (Fsp3) is 0.519. The Bertz CT molecular complexity index is 1220. The smallest absolute Gasteiger partial charge is 0.252 e. The van der Waals surface area contributed by atoms with Crippen LogP contribution in [0, 0.1) is 5.92 Å². The van der Waals surface area contributed by atoms with Crippen LogP contribution in [-0.2, 0) is 0 Å².